The zero-order chi connectivity index (χ0) is 8.10. The van der Waals surface area contributed by atoms with Crippen molar-refractivity contribution in [2.24, 2.45) is 0 Å². The Morgan fingerprint density at radius 3 is 2.73 bits per heavy atom. The van der Waals surface area contributed by atoms with Crippen LogP contribution in [0.15, 0.2) is 29.8 Å². The monoisotopic (exact) mass is 167 g/mol. The molecule has 0 saturated carbocycles. The first-order valence-electron chi connectivity index (χ1n) is 3.20. The topological polar surface area (TPSA) is 33.1 Å². The average Bonchev–Trinajstić information content (AvgIpc) is 2.55. The van der Waals surface area contributed by atoms with Gasteiger partial charge in [-0.3, -0.25) is 0 Å². The summed E-state index contributed by atoms with van der Waals surface area (Å²) in [6, 6.07) is 8.13. The Morgan fingerprint density at radius 1 is 1.27 bits per heavy atom. The Balaban J connectivity index is 0.000000281. The van der Waals surface area contributed by atoms with Crippen LogP contribution in [0.3, 0.4) is 0 Å². The third-order valence-corrected chi connectivity index (χ3v) is 2.05. The van der Waals surface area contributed by atoms with Gasteiger partial charge in [0.05, 0.1) is 15.7 Å². The Morgan fingerprint density at radius 2 is 2.00 bits per heavy atom. The van der Waals surface area contributed by atoms with Gasteiger partial charge in [-0.2, -0.15) is 0 Å². The van der Waals surface area contributed by atoms with E-state index in [4.69, 9.17) is 5.11 Å². The molecule has 2 nitrogen and oxygen atoms in total. The van der Waals surface area contributed by atoms with Crippen molar-refractivity contribution >= 4 is 21.6 Å². The highest BCUT2D eigenvalue weighted by Crippen LogP contribution is 2.15. The Hall–Kier alpha value is -0.930. The molecule has 0 unspecified atom stereocenters. The first kappa shape index (κ1) is 8.17. The fourth-order valence-electron chi connectivity index (χ4n) is 0.803. The van der Waals surface area contributed by atoms with E-state index in [9.17, 15) is 0 Å². The van der Waals surface area contributed by atoms with E-state index in [0.29, 0.717) is 0 Å². The van der Waals surface area contributed by atoms with Crippen LogP contribution >= 0.6 is 11.3 Å². The summed E-state index contributed by atoms with van der Waals surface area (Å²) in [6.07, 6.45) is 0. The maximum absolute atomic E-state index is 7.00. The van der Waals surface area contributed by atoms with Crippen molar-refractivity contribution in [3.8, 4) is 0 Å². The molecule has 2 aromatic rings. The minimum absolute atomic E-state index is 1.00. The molecule has 0 amide bonds. The number of para-hydroxylation sites is 1. The van der Waals surface area contributed by atoms with Crippen LogP contribution in [0.1, 0.15) is 0 Å². The lowest BCUT2D eigenvalue weighted by molar-refractivity contribution is 0.399. The summed E-state index contributed by atoms with van der Waals surface area (Å²) < 4.78 is 1.26. The lowest BCUT2D eigenvalue weighted by atomic mass is 10.3. The molecule has 58 valence electrons. The molecular formula is C8H9NOS. The van der Waals surface area contributed by atoms with Gasteiger partial charge in [0, 0.05) is 7.11 Å². The summed E-state index contributed by atoms with van der Waals surface area (Å²) in [5.41, 5.74) is 2.97. The van der Waals surface area contributed by atoms with Crippen LogP contribution in [-0.4, -0.2) is 17.2 Å². The molecule has 1 aromatic heterocycles. The molecule has 1 aromatic carbocycles. The summed E-state index contributed by atoms with van der Waals surface area (Å²) in [5, 5.41) is 7.00. The van der Waals surface area contributed by atoms with Gasteiger partial charge in [-0.15, -0.1) is 11.3 Å². The fraction of sp³-hybridized carbons (Fsp3) is 0.125. The van der Waals surface area contributed by atoms with Crippen molar-refractivity contribution in [2.75, 3.05) is 7.11 Å². The molecule has 0 spiro atoms. The highest BCUT2D eigenvalue weighted by molar-refractivity contribution is 7.16. The molecule has 3 heteroatoms. The number of rotatable bonds is 0. The highest BCUT2D eigenvalue weighted by Gasteiger charge is 1.89. The molecule has 0 aliphatic rings. The van der Waals surface area contributed by atoms with Crippen LogP contribution in [0.5, 0.6) is 0 Å². The average molecular weight is 167 g/mol. The Bertz CT molecular complexity index is 288. The van der Waals surface area contributed by atoms with E-state index in [2.05, 4.69) is 11.1 Å². The number of hydrogen-bond donors (Lipinski definition) is 1. The smallest absolute Gasteiger partial charge is 0.0812 e. The van der Waals surface area contributed by atoms with Gasteiger partial charge in [0.1, 0.15) is 0 Å². The first-order chi connectivity index (χ1) is 5.47. The van der Waals surface area contributed by atoms with Crippen LogP contribution in [0.2, 0.25) is 0 Å². The van der Waals surface area contributed by atoms with Crippen LogP contribution in [-0.2, 0) is 0 Å². The molecule has 0 aliphatic heterocycles. The Labute approximate surface area is 69.1 Å². The number of thiazole rings is 1. The molecule has 11 heavy (non-hydrogen) atoms. The SMILES string of the molecule is CO.c1ccc2scnc2c1. The van der Waals surface area contributed by atoms with Gasteiger partial charge in [0.15, 0.2) is 0 Å². The second-order valence-corrected chi connectivity index (χ2v) is 2.71. The molecule has 0 atom stereocenters. The van der Waals surface area contributed by atoms with Gasteiger partial charge in [-0.1, -0.05) is 12.1 Å². The lowest BCUT2D eigenvalue weighted by Gasteiger charge is -1.80. The minimum Gasteiger partial charge on any atom is -0.400 e. The molecular weight excluding hydrogens is 158 g/mol. The molecule has 0 saturated heterocycles. The van der Waals surface area contributed by atoms with Crippen molar-refractivity contribution in [3.63, 3.8) is 0 Å². The zero-order valence-corrected chi connectivity index (χ0v) is 7.01. The van der Waals surface area contributed by atoms with Crippen molar-refractivity contribution in [1.82, 2.24) is 4.98 Å². The maximum Gasteiger partial charge on any atom is 0.0812 e. The van der Waals surface area contributed by atoms with E-state index in [1.807, 2.05) is 23.7 Å². The molecule has 2 rings (SSSR count). The van der Waals surface area contributed by atoms with Crippen LogP contribution in [0.4, 0.5) is 0 Å². The second kappa shape index (κ2) is 4.05. The van der Waals surface area contributed by atoms with Crippen molar-refractivity contribution in [2.45, 2.75) is 0 Å². The summed E-state index contributed by atoms with van der Waals surface area (Å²) >= 11 is 1.68. The Kier molecular flexibility index (Phi) is 3.01. The predicted molar refractivity (Wildman–Crippen MR) is 47.8 cm³/mol. The first-order valence-corrected chi connectivity index (χ1v) is 4.08. The van der Waals surface area contributed by atoms with Gasteiger partial charge in [-0.25, -0.2) is 4.98 Å². The highest BCUT2D eigenvalue weighted by atomic mass is 32.1. The van der Waals surface area contributed by atoms with E-state index in [1.165, 1.54) is 4.70 Å². The summed E-state index contributed by atoms with van der Waals surface area (Å²) in [7, 11) is 1.00. The standard InChI is InChI=1S/C7H5NS.CH4O/c1-2-4-7-6(3-1)8-5-9-7;1-2/h1-5H;2H,1H3. The molecule has 0 aliphatic carbocycles. The van der Waals surface area contributed by atoms with Crippen molar-refractivity contribution in [3.05, 3.63) is 29.8 Å². The molecule has 0 fully saturated rings. The quantitative estimate of drug-likeness (QED) is 0.650. The van der Waals surface area contributed by atoms with Crippen LogP contribution < -0.4 is 0 Å². The van der Waals surface area contributed by atoms with E-state index < -0.39 is 0 Å². The van der Waals surface area contributed by atoms with E-state index >= 15 is 0 Å². The lowest BCUT2D eigenvalue weighted by Crippen LogP contribution is -1.61. The number of fused-ring (bicyclic) bond motifs is 1. The van der Waals surface area contributed by atoms with Crippen LogP contribution in [0, 0.1) is 0 Å². The molecule has 1 N–H and O–H groups in total. The normalized spacial score (nSPS) is 8.91. The summed E-state index contributed by atoms with van der Waals surface area (Å²) in [5.74, 6) is 0. The van der Waals surface area contributed by atoms with Crippen molar-refractivity contribution in [1.29, 1.82) is 0 Å². The number of benzene rings is 1. The van der Waals surface area contributed by atoms with Crippen LogP contribution in [0.25, 0.3) is 10.2 Å². The van der Waals surface area contributed by atoms with Gasteiger partial charge >= 0.3 is 0 Å². The second-order valence-electron chi connectivity index (χ2n) is 1.82. The van der Waals surface area contributed by atoms with E-state index in [0.717, 1.165) is 12.6 Å². The van der Waals surface area contributed by atoms with Gasteiger partial charge in [0.2, 0.25) is 0 Å². The molecule has 1 heterocycles. The summed E-state index contributed by atoms with van der Waals surface area (Å²) in [4.78, 5) is 4.14. The number of nitrogens with zero attached hydrogens (tertiary/aromatic N) is 1. The number of aliphatic hydroxyl groups is 1. The van der Waals surface area contributed by atoms with Gasteiger partial charge < -0.3 is 5.11 Å². The number of hydrogen-bond acceptors (Lipinski definition) is 3. The summed E-state index contributed by atoms with van der Waals surface area (Å²) in [6.45, 7) is 0. The fourth-order valence-corrected chi connectivity index (χ4v) is 1.48. The maximum atomic E-state index is 7.00. The third kappa shape index (κ3) is 1.76. The van der Waals surface area contributed by atoms with E-state index in [-0.39, 0.29) is 0 Å². The molecule has 0 bridgehead atoms. The minimum atomic E-state index is 1.00. The zero-order valence-electron chi connectivity index (χ0n) is 6.19. The van der Waals surface area contributed by atoms with Crippen molar-refractivity contribution < 1.29 is 5.11 Å². The molecule has 0 radical (unpaired) electrons. The number of aromatic nitrogens is 1. The predicted octanol–water partition coefficient (Wildman–Crippen LogP) is 1.90. The largest absolute Gasteiger partial charge is 0.400 e. The third-order valence-electron chi connectivity index (χ3n) is 1.24. The van der Waals surface area contributed by atoms with Gasteiger partial charge in [0.25, 0.3) is 0 Å². The van der Waals surface area contributed by atoms with E-state index in [1.54, 1.807) is 11.3 Å². The van der Waals surface area contributed by atoms with Gasteiger partial charge in [-0.05, 0) is 12.1 Å². The number of aliphatic hydroxyl groups excluding tert-OH is 1.